The molecule has 0 radical (unpaired) electrons. The lowest BCUT2D eigenvalue weighted by Crippen LogP contribution is -2.61. The molecule has 0 saturated heterocycles. The molecule has 0 aromatic carbocycles. The molecule has 176 valence electrons. The molecule has 31 heavy (non-hydrogen) atoms. The molecule has 4 unspecified atom stereocenters. The van der Waals surface area contributed by atoms with Crippen molar-refractivity contribution in [1.82, 2.24) is 0 Å². The van der Waals surface area contributed by atoms with Gasteiger partial charge in [-0.2, -0.15) is 0 Å². The highest BCUT2D eigenvalue weighted by Crippen LogP contribution is 2.70. The first-order chi connectivity index (χ1) is 14.3. The molecule has 2 heteroatoms. The van der Waals surface area contributed by atoms with Gasteiger partial charge in [-0.05, 0) is 65.6 Å². The molecule has 0 nitrogen and oxygen atoms in total. The van der Waals surface area contributed by atoms with Crippen LogP contribution in [0.25, 0.3) is 0 Å². The molecule has 0 aromatic rings. The number of allylic oxidation sites excluding steroid dienone is 1. The van der Waals surface area contributed by atoms with Gasteiger partial charge in [-0.25, -0.2) is 0 Å². The van der Waals surface area contributed by atoms with E-state index in [0.29, 0.717) is 10.8 Å². The Morgan fingerprint density at radius 2 is 1.29 bits per heavy atom. The molecule has 6 aliphatic carbocycles. The molecule has 4 bridgehead atoms. The SMILES string of the molecule is CCCC/C=C(/B([C@@H]1CC2CC([C@H]1C)C2(C)C)[C@@H]1CC2CC([C@H]1C)C2(C)C)[Si](C)(C)C. The molecule has 0 aromatic heterocycles. The van der Waals surface area contributed by atoms with Crippen molar-refractivity contribution in [3.8, 4) is 0 Å². The van der Waals surface area contributed by atoms with Crippen LogP contribution in [0.15, 0.2) is 11.2 Å². The van der Waals surface area contributed by atoms with E-state index in [1.54, 1.807) is 0 Å². The summed E-state index contributed by atoms with van der Waals surface area (Å²) in [6.45, 7) is 26.9. The minimum atomic E-state index is -1.35. The van der Waals surface area contributed by atoms with Gasteiger partial charge in [-0.1, -0.05) is 112 Å². The fourth-order valence-electron chi connectivity index (χ4n) is 9.51. The minimum absolute atomic E-state index is 0.605. The van der Waals surface area contributed by atoms with E-state index in [1.165, 1.54) is 44.9 Å². The Hall–Kier alpha value is 0.0218. The van der Waals surface area contributed by atoms with Crippen LogP contribution in [0.3, 0.4) is 0 Å². The zero-order valence-corrected chi connectivity index (χ0v) is 23.7. The van der Waals surface area contributed by atoms with E-state index in [0.717, 1.165) is 53.9 Å². The minimum Gasteiger partial charge on any atom is -0.114 e. The van der Waals surface area contributed by atoms with Crippen molar-refractivity contribution >= 4 is 14.8 Å². The van der Waals surface area contributed by atoms with Gasteiger partial charge in [0.2, 0.25) is 0 Å². The molecule has 6 fully saturated rings. The van der Waals surface area contributed by atoms with Gasteiger partial charge in [0, 0.05) is 0 Å². The fraction of sp³-hybridized carbons (Fsp3) is 0.931. The van der Waals surface area contributed by atoms with Crippen LogP contribution in [0.4, 0.5) is 0 Å². The Labute approximate surface area is 196 Å². The molecule has 6 rings (SSSR count). The lowest BCUT2D eigenvalue weighted by Gasteiger charge is -2.67. The average molecular weight is 441 g/mol. The summed E-state index contributed by atoms with van der Waals surface area (Å²) in [7, 11) is -1.35. The summed E-state index contributed by atoms with van der Waals surface area (Å²) in [6, 6.07) is 0. The van der Waals surface area contributed by atoms with Gasteiger partial charge in [0.25, 0.3) is 0 Å². The molecule has 0 heterocycles. The normalized spacial score (nSPS) is 43.1. The van der Waals surface area contributed by atoms with Gasteiger partial charge in [0.15, 0.2) is 6.71 Å². The second-order valence-corrected chi connectivity index (χ2v) is 19.9. The highest BCUT2D eigenvalue weighted by molar-refractivity contribution is 6.99. The van der Waals surface area contributed by atoms with Crippen LogP contribution in [0.2, 0.25) is 31.3 Å². The van der Waals surface area contributed by atoms with Crippen molar-refractivity contribution in [3.63, 3.8) is 0 Å². The van der Waals surface area contributed by atoms with Gasteiger partial charge in [-0.3, -0.25) is 0 Å². The first-order valence-electron chi connectivity index (χ1n) is 14.0. The first kappa shape index (κ1) is 24.2. The Morgan fingerprint density at radius 1 is 0.839 bits per heavy atom. The Morgan fingerprint density at radius 3 is 1.61 bits per heavy atom. The van der Waals surface area contributed by atoms with Crippen molar-refractivity contribution < 1.29 is 0 Å². The lowest BCUT2D eigenvalue weighted by atomic mass is 9.21. The van der Waals surface area contributed by atoms with Crippen molar-refractivity contribution in [2.24, 2.45) is 46.3 Å². The smallest absolute Gasteiger partial charge is 0.114 e. The van der Waals surface area contributed by atoms with Gasteiger partial charge in [0.1, 0.15) is 0 Å². The van der Waals surface area contributed by atoms with Gasteiger partial charge in [0.05, 0.1) is 8.07 Å². The summed E-state index contributed by atoms with van der Waals surface area (Å²) >= 11 is 0. The predicted molar refractivity (Wildman–Crippen MR) is 143 cm³/mol. The maximum absolute atomic E-state index is 2.82. The van der Waals surface area contributed by atoms with Crippen LogP contribution in [0.1, 0.15) is 93.4 Å². The van der Waals surface area contributed by atoms with E-state index >= 15 is 0 Å². The fourth-order valence-corrected chi connectivity index (χ4v) is 11.7. The molecule has 0 amide bonds. The second-order valence-electron chi connectivity index (χ2n) is 14.8. The van der Waals surface area contributed by atoms with E-state index in [-0.39, 0.29) is 0 Å². The van der Waals surface area contributed by atoms with Crippen molar-refractivity contribution in [1.29, 1.82) is 0 Å². The number of unbranched alkanes of at least 4 members (excludes halogenated alkanes) is 2. The zero-order chi connectivity index (χ0) is 22.9. The summed E-state index contributed by atoms with van der Waals surface area (Å²) in [5.74, 6) is 7.65. The third-order valence-electron chi connectivity index (χ3n) is 11.9. The molecule has 0 spiro atoms. The average Bonchev–Trinajstić information content (AvgIpc) is 2.67. The summed E-state index contributed by atoms with van der Waals surface area (Å²) in [6.07, 6.45) is 12.9. The lowest BCUT2D eigenvalue weighted by molar-refractivity contribution is -0.107. The monoisotopic (exact) mass is 440 g/mol. The highest BCUT2D eigenvalue weighted by atomic mass is 28.3. The van der Waals surface area contributed by atoms with Gasteiger partial charge >= 0.3 is 0 Å². The summed E-state index contributed by atoms with van der Waals surface area (Å²) in [5, 5.41) is 1.99. The van der Waals surface area contributed by atoms with E-state index < -0.39 is 8.07 Å². The topological polar surface area (TPSA) is 0 Å². The van der Waals surface area contributed by atoms with E-state index in [2.05, 4.69) is 74.2 Å². The first-order valence-corrected chi connectivity index (χ1v) is 17.5. The maximum atomic E-state index is 2.82. The zero-order valence-electron chi connectivity index (χ0n) is 22.7. The molecular formula is C29H53BSi. The summed E-state index contributed by atoms with van der Waals surface area (Å²) in [4.78, 5) is 0. The standard InChI is InChI=1S/C29H53BSi/c1-11-12-13-14-27(31(8,9)10)30(25-17-21-15-23(19(25)2)28(21,4)5)26-18-22-16-24(20(26)3)29(22,6)7/h14,19-26H,11-13,15-18H2,1-10H3/b27-14-/t19-,20-,21?,22?,23?,24?,25-,26-/m1/s1. The van der Waals surface area contributed by atoms with Crippen molar-refractivity contribution in [3.05, 3.63) is 11.2 Å². The van der Waals surface area contributed by atoms with Crippen molar-refractivity contribution in [2.75, 3.05) is 0 Å². The van der Waals surface area contributed by atoms with E-state index in [4.69, 9.17) is 0 Å². The summed E-state index contributed by atoms with van der Waals surface area (Å²) < 4.78 is 0. The van der Waals surface area contributed by atoms with Gasteiger partial charge in [-0.15, -0.1) is 5.10 Å². The molecule has 6 aliphatic rings. The quantitative estimate of drug-likeness (QED) is 0.273. The Balaban J connectivity index is 1.70. The maximum Gasteiger partial charge on any atom is 0.172 e. The molecule has 0 aliphatic heterocycles. The van der Waals surface area contributed by atoms with Crippen LogP contribution in [-0.4, -0.2) is 14.8 Å². The number of fused-ring (bicyclic) bond motifs is 4. The van der Waals surface area contributed by atoms with Crippen molar-refractivity contribution in [2.45, 2.75) is 125 Å². The number of hydrogen-bond acceptors (Lipinski definition) is 0. The van der Waals surface area contributed by atoms with Crippen LogP contribution in [-0.2, 0) is 0 Å². The van der Waals surface area contributed by atoms with E-state index in [1.807, 2.05) is 5.10 Å². The molecule has 8 atom stereocenters. The highest BCUT2D eigenvalue weighted by Gasteiger charge is 2.63. The third kappa shape index (κ3) is 3.78. The Kier molecular flexibility index (Phi) is 6.28. The Bertz CT molecular complexity index is 656. The molecule has 6 saturated carbocycles. The number of rotatable bonds is 7. The largest absolute Gasteiger partial charge is 0.172 e. The predicted octanol–water partition coefficient (Wildman–Crippen LogP) is 9.16. The van der Waals surface area contributed by atoms with Crippen LogP contribution in [0.5, 0.6) is 0 Å². The van der Waals surface area contributed by atoms with E-state index in [9.17, 15) is 0 Å². The van der Waals surface area contributed by atoms with Crippen LogP contribution >= 0.6 is 0 Å². The van der Waals surface area contributed by atoms with Crippen LogP contribution in [0, 0.1) is 46.3 Å². The number of hydrogen-bond donors (Lipinski definition) is 0. The van der Waals surface area contributed by atoms with Crippen LogP contribution < -0.4 is 0 Å². The second kappa shape index (κ2) is 8.06. The molecular weight excluding hydrogens is 387 g/mol. The third-order valence-corrected chi connectivity index (χ3v) is 14.2. The molecule has 0 N–H and O–H groups in total. The summed E-state index contributed by atoms with van der Waals surface area (Å²) in [5.41, 5.74) is 1.21. The van der Waals surface area contributed by atoms with Gasteiger partial charge < -0.3 is 0 Å².